The molecule has 1 aromatic carbocycles. The number of hydrogen-bond donors (Lipinski definition) is 2. The zero-order valence-electron chi connectivity index (χ0n) is 14.0. The largest absolute Gasteiger partial charge is 0.502 e. The van der Waals surface area contributed by atoms with Gasteiger partial charge >= 0.3 is 5.69 Å². The van der Waals surface area contributed by atoms with Gasteiger partial charge in [0.1, 0.15) is 0 Å². The molecule has 3 rings (SSSR count). The molecule has 1 saturated heterocycles. The highest BCUT2D eigenvalue weighted by molar-refractivity contribution is 7.10. The van der Waals surface area contributed by atoms with Gasteiger partial charge in [-0.25, -0.2) is 0 Å². The highest BCUT2D eigenvalue weighted by atomic mass is 32.1. The first-order chi connectivity index (χ1) is 12.6. The molecule has 1 aliphatic rings. The fraction of sp³-hybridized carbons (Fsp3) is 0.353. The van der Waals surface area contributed by atoms with E-state index in [2.05, 4.69) is 10.2 Å². The van der Waals surface area contributed by atoms with Gasteiger partial charge in [0.15, 0.2) is 5.75 Å². The Hall–Kier alpha value is -2.49. The lowest BCUT2D eigenvalue weighted by molar-refractivity contribution is -0.385. The third kappa shape index (κ3) is 4.18. The number of nitro groups is 1. The van der Waals surface area contributed by atoms with E-state index in [9.17, 15) is 20.0 Å². The van der Waals surface area contributed by atoms with Crippen LogP contribution in [0.2, 0.25) is 0 Å². The second-order valence-electron chi connectivity index (χ2n) is 5.85. The van der Waals surface area contributed by atoms with Gasteiger partial charge in [0.05, 0.1) is 24.2 Å². The molecular weight excluding hydrogens is 358 g/mol. The molecule has 1 unspecified atom stereocenters. The van der Waals surface area contributed by atoms with Crippen LogP contribution in [0.5, 0.6) is 5.75 Å². The van der Waals surface area contributed by atoms with Crippen LogP contribution in [0.25, 0.3) is 0 Å². The molecule has 2 heterocycles. The molecule has 26 heavy (non-hydrogen) atoms. The normalized spacial score (nSPS) is 16.2. The van der Waals surface area contributed by atoms with E-state index >= 15 is 0 Å². The van der Waals surface area contributed by atoms with Crippen molar-refractivity contribution in [3.05, 3.63) is 56.3 Å². The van der Waals surface area contributed by atoms with E-state index in [1.807, 2.05) is 17.5 Å². The molecule has 138 valence electrons. The molecule has 1 atom stereocenters. The number of nitrogens with one attached hydrogen (secondary N) is 1. The van der Waals surface area contributed by atoms with Gasteiger partial charge in [0.2, 0.25) is 0 Å². The smallest absolute Gasteiger partial charge is 0.310 e. The Morgan fingerprint density at radius 3 is 2.77 bits per heavy atom. The maximum atomic E-state index is 12.4. The van der Waals surface area contributed by atoms with E-state index in [4.69, 9.17) is 4.74 Å². The van der Waals surface area contributed by atoms with Crippen molar-refractivity contribution in [2.45, 2.75) is 6.04 Å². The number of rotatable bonds is 6. The standard InChI is InChI=1S/C17H19N3O5S/c21-15-10-12(3-4-13(15)20(23)24)17(22)18-11-14(16-2-1-9-26-16)19-5-7-25-8-6-19/h1-4,9-10,14,21H,5-8,11H2,(H,18,22). The second kappa shape index (κ2) is 8.26. The Morgan fingerprint density at radius 1 is 1.38 bits per heavy atom. The summed E-state index contributed by atoms with van der Waals surface area (Å²) in [7, 11) is 0. The number of phenolic OH excluding ortho intramolecular Hbond substituents is 1. The summed E-state index contributed by atoms with van der Waals surface area (Å²) in [5.74, 6) is -0.907. The van der Waals surface area contributed by atoms with Crippen LogP contribution in [0.4, 0.5) is 5.69 Å². The summed E-state index contributed by atoms with van der Waals surface area (Å²) < 4.78 is 5.40. The third-order valence-corrected chi connectivity index (χ3v) is 5.22. The van der Waals surface area contributed by atoms with Crippen LogP contribution in [0.1, 0.15) is 21.3 Å². The summed E-state index contributed by atoms with van der Waals surface area (Å²) in [6, 6.07) is 7.63. The highest BCUT2D eigenvalue weighted by Gasteiger charge is 2.24. The van der Waals surface area contributed by atoms with Gasteiger partial charge in [-0.3, -0.25) is 19.8 Å². The van der Waals surface area contributed by atoms with E-state index < -0.39 is 16.4 Å². The lowest BCUT2D eigenvalue weighted by Gasteiger charge is -2.34. The predicted octanol–water partition coefficient (Wildman–Crippen LogP) is 2.17. The summed E-state index contributed by atoms with van der Waals surface area (Å²) in [4.78, 5) is 25.9. The van der Waals surface area contributed by atoms with Crippen molar-refractivity contribution in [3.63, 3.8) is 0 Å². The maximum Gasteiger partial charge on any atom is 0.310 e. The molecule has 2 N–H and O–H groups in total. The molecule has 1 aromatic heterocycles. The van der Waals surface area contributed by atoms with Crippen molar-refractivity contribution in [1.82, 2.24) is 10.2 Å². The SMILES string of the molecule is O=C(NCC(c1cccs1)N1CCOCC1)c1ccc([N+](=O)[O-])c(O)c1. The van der Waals surface area contributed by atoms with Crippen LogP contribution < -0.4 is 5.32 Å². The molecule has 0 saturated carbocycles. The van der Waals surface area contributed by atoms with Crippen LogP contribution in [0, 0.1) is 10.1 Å². The van der Waals surface area contributed by atoms with Crippen molar-refractivity contribution in [1.29, 1.82) is 0 Å². The minimum atomic E-state index is -0.692. The highest BCUT2D eigenvalue weighted by Crippen LogP contribution is 2.27. The zero-order valence-corrected chi connectivity index (χ0v) is 14.8. The Kier molecular flexibility index (Phi) is 5.82. The predicted molar refractivity (Wildman–Crippen MR) is 96.5 cm³/mol. The van der Waals surface area contributed by atoms with E-state index in [1.54, 1.807) is 11.3 Å². The molecule has 0 aliphatic carbocycles. The number of hydrogen-bond acceptors (Lipinski definition) is 7. The van der Waals surface area contributed by atoms with Crippen molar-refractivity contribution in [2.24, 2.45) is 0 Å². The molecule has 1 amide bonds. The Balaban J connectivity index is 1.69. The average Bonchev–Trinajstić information content (AvgIpc) is 3.16. The van der Waals surface area contributed by atoms with Gasteiger partial charge < -0.3 is 15.2 Å². The van der Waals surface area contributed by atoms with Crippen molar-refractivity contribution in [3.8, 4) is 5.75 Å². The number of phenols is 1. The maximum absolute atomic E-state index is 12.4. The quantitative estimate of drug-likeness (QED) is 0.590. The topological polar surface area (TPSA) is 105 Å². The lowest BCUT2D eigenvalue weighted by Crippen LogP contribution is -2.43. The molecule has 8 nitrogen and oxygen atoms in total. The number of nitro benzene ring substituents is 1. The van der Waals surface area contributed by atoms with Gasteiger partial charge in [0, 0.05) is 36.1 Å². The summed E-state index contributed by atoms with van der Waals surface area (Å²) in [5.41, 5.74) is -0.244. The number of benzene rings is 1. The minimum absolute atomic E-state index is 0.0366. The van der Waals surface area contributed by atoms with E-state index in [0.29, 0.717) is 19.8 Å². The van der Waals surface area contributed by atoms with Gasteiger partial charge in [-0.1, -0.05) is 6.07 Å². The number of amides is 1. The van der Waals surface area contributed by atoms with Crippen LogP contribution in [0.15, 0.2) is 35.7 Å². The fourth-order valence-corrected chi connectivity index (χ4v) is 3.75. The molecule has 0 bridgehead atoms. The number of aromatic hydroxyl groups is 1. The summed E-state index contributed by atoms with van der Waals surface area (Å²) in [6.45, 7) is 3.29. The van der Waals surface area contributed by atoms with E-state index in [0.717, 1.165) is 30.1 Å². The Bertz CT molecular complexity index is 775. The van der Waals surface area contributed by atoms with Crippen molar-refractivity contribution >= 4 is 22.9 Å². The fourth-order valence-electron chi connectivity index (χ4n) is 2.89. The average molecular weight is 377 g/mol. The van der Waals surface area contributed by atoms with Crippen LogP contribution in [-0.4, -0.2) is 53.7 Å². The zero-order chi connectivity index (χ0) is 18.5. The molecule has 0 spiro atoms. The van der Waals surface area contributed by atoms with Gasteiger partial charge in [-0.15, -0.1) is 11.3 Å². The minimum Gasteiger partial charge on any atom is -0.502 e. The van der Waals surface area contributed by atoms with Crippen LogP contribution >= 0.6 is 11.3 Å². The van der Waals surface area contributed by atoms with Gasteiger partial charge in [0.25, 0.3) is 5.91 Å². The lowest BCUT2D eigenvalue weighted by atomic mass is 10.1. The summed E-state index contributed by atoms with van der Waals surface area (Å²) in [5, 5.41) is 25.3. The number of carbonyl (C=O) groups excluding carboxylic acids is 1. The summed E-state index contributed by atoms with van der Waals surface area (Å²) in [6.07, 6.45) is 0. The molecule has 1 aliphatic heterocycles. The number of ether oxygens (including phenoxy) is 1. The first-order valence-electron chi connectivity index (χ1n) is 8.17. The van der Waals surface area contributed by atoms with E-state index in [1.165, 1.54) is 6.07 Å². The monoisotopic (exact) mass is 377 g/mol. The number of morpholine rings is 1. The van der Waals surface area contributed by atoms with Crippen LogP contribution in [0.3, 0.4) is 0 Å². The Morgan fingerprint density at radius 2 is 2.15 bits per heavy atom. The second-order valence-corrected chi connectivity index (χ2v) is 6.83. The molecule has 1 fully saturated rings. The first-order valence-corrected chi connectivity index (χ1v) is 9.05. The molecule has 2 aromatic rings. The number of thiophene rings is 1. The van der Waals surface area contributed by atoms with Gasteiger partial charge in [-0.2, -0.15) is 0 Å². The van der Waals surface area contributed by atoms with Crippen molar-refractivity contribution in [2.75, 3.05) is 32.8 Å². The Labute approximate surface area is 154 Å². The summed E-state index contributed by atoms with van der Waals surface area (Å²) >= 11 is 1.63. The van der Waals surface area contributed by atoms with E-state index in [-0.39, 0.29) is 17.5 Å². The number of nitrogens with zero attached hydrogens (tertiary/aromatic N) is 2. The molecule has 0 radical (unpaired) electrons. The molecule has 9 heteroatoms. The first kappa shape index (κ1) is 18.3. The van der Waals surface area contributed by atoms with Crippen molar-refractivity contribution < 1.29 is 19.6 Å². The third-order valence-electron chi connectivity index (χ3n) is 4.25. The van der Waals surface area contributed by atoms with Crippen LogP contribution in [-0.2, 0) is 4.74 Å². The molecular formula is C17H19N3O5S. The number of carbonyl (C=O) groups is 1. The van der Waals surface area contributed by atoms with Gasteiger partial charge in [-0.05, 0) is 23.6 Å².